The smallest absolute Gasteiger partial charge is 0.00606 e. The molecule has 0 radical (unpaired) electrons. The molecule has 1 aliphatic carbocycles. The van der Waals surface area contributed by atoms with E-state index in [1.54, 1.807) is 6.08 Å². The Hall–Kier alpha value is -2.34. The minimum atomic E-state index is 0.488. The fourth-order valence-corrected chi connectivity index (χ4v) is 3.08. The highest BCUT2D eigenvalue weighted by molar-refractivity contribution is 5.67. The second kappa shape index (κ2) is 9.08. The van der Waals surface area contributed by atoms with Crippen molar-refractivity contribution in [2.45, 2.75) is 33.6 Å². The Bertz CT molecular complexity index is 684. The first-order valence-corrected chi connectivity index (χ1v) is 8.40. The fraction of sp³-hybridized carbons (Fsp3) is 0.250. The SMILES string of the molecule is C=C/C=C\C(=C)C(=C)C1=C(C)C/C(=C\C(C)CC=C)C(C)=C1C=C. The van der Waals surface area contributed by atoms with Crippen molar-refractivity contribution in [3.05, 3.63) is 108 Å². The summed E-state index contributed by atoms with van der Waals surface area (Å²) in [6.45, 7) is 26.6. The second-order valence-corrected chi connectivity index (χ2v) is 6.37. The van der Waals surface area contributed by atoms with Gasteiger partial charge in [-0.2, -0.15) is 0 Å². The van der Waals surface area contributed by atoms with Crippen molar-refractivity contribution in [2.75, 3.05) is 0 Å². The Balaban J connectivity index is 3.30. The molecule has 1 aliphatic rings. The summed E-state index contributed by atoms with van der Waals surface area (Å²) in [6, 6.07) is 0. The lowest BCUT2D eigenvalue weighted by Gasteiger charge is -2.26. The van der Waals surface area contributed by atoms with Crippen molar-refractivity contribution in [3.63, 3.8) is 0 Å². The average Bonchev–Trinajstić information content (AvgIpc) is 2.54. The fourth-order valence-electron chi connectivity index (χ4n) is 3.08. The summed E-state index contributed by atoms with van der Waals surface area (Å²) < 4.78 is 0. The van der Waals surface area contributed by atoms with E-state index in [1.165, 1.54) is 22.3 Å². The van der Waals surface area contributed by atoms with Crippen molar-refractivity contribution in [1.29, 1.82) is 0 Å². The Morgan fingerprint density at radius 2 is 1.83 bits per heavy atom. The predicted octanol–water partition coefficient (Wildman–Crippen LogP) is 7.20. The minimum Gasteiger partial charge on any atom is -0.103 e. The molecule has 0 fully saturated rings. The Labute approximate surface area is 148 Å². The molecule has 0 aliphatic heterocycles. The van der Waals surface area contributed by atoms with E-state index < -0.39 is 0 Å². The number of hydrogen-bond acceptors (Lipinski definition) is 0. The predicted molar refractivity (Wildman–Crippen MR) is 110 cm³/mol. The standard InChI is InChI=1S/C24H30/c1-9-12-14-18(5)20(7)24-19(6)16-22(15-17(4)13-10-2)21(8)23(24)11-3/h9-12,14-15,17H,1-3,5,7,13,16H2,4,6,8H3/b14-12-,22-15+. The third kappa shape index (κ3) is 4.58. The quantitative estimate of drug-likeness (QED) is 0.328. The third-order valence-electron chi connectivity index (χ3n) is 4.39. The van der Waals surface area contributed by atoms with Gasteiger partial charge in [0.2, 0.25) is 0 Å². The van der Waals surface area contributed by atoms with E-state index >= 15 is 0 Å². The normalized spacial score (nSPS) is 18.0. The lowest BCUT2D eigenvalue weighted by atomic mass is 9.78. The molecule has 1 unspecified atom stereocenters. The van der Waals surface area contributed by atoms with E-state index in [1.807, 2.05) is 24.3 Å². The summed E-state index contributed by atoms with van der Waals surface area (Å²) in [6.07, 6.45) is 13.8. The Kier molecular flexibility index (Phi) is 7.45. The van der Waals surface area contributed by atoms with Crippen molar-refractivity contribution >= 4 is 0 Å². The van der Waals surface area contributed by atoms with E-state index in [2.05, 4.69) is 59.7 Å². The van der Waals surface area contributed by atoms with Crippen LogP contribution in [0.1, 0.15) is 33.6 Å². The molecule has 0 heterocycles. The highest BCUT2D eigenvalue weighted by Gasteiger charge is 2.21. The van der Waals surface area contributed by atoms with Crippen molar-refractivity contribution in [2.24, 2.45) is 5.92 Å². The molecular formula is C24H30. The van der Waals surface area contributed by atoms with E-state index in [9.17, 15) is 0 Å². The van der Waals surface area contributed by atoms with Crippen LogP contribution in [-0.4, -0.2) is 0 Å². The van der Waals surface area contributed by atoms with Crippen LogP contribution in [0.2, 0.25) is 0 Å². The molecule has 0 bridgehead atoms. The van der Waals surface area contributed by atoms with Crippen LogP contribution in [0, 0.1) is 5.92 Å². The van der Waals surface area contributed by atoms with Gasteiger partial charge in [0.1, 0.15) is 0 Å². The van der Waals surface area contributed by atoms with Gasteiger partial charge >= 0.3 is 0 Å². The summed E-state index contributed by atoms with van der Waals surface area (Å²) in [5, 5.41) is 0. The molecule has 0 heteroatoms. The molecule has 0 aromatic carbocycles. The van der Waals surface area contributed by atoms with E-state index in [0.717, 1.165) is 29.6 Å². The van der Waals surface area contributed by atoms with Crippen LogP contribution in [-0.2, 0) is 0 Å². The van der Waals surface area contributed by atoms with Crippen LogP contribution in [0.15, 0.2) is 108 Å². The largest absolute Gasteiger partial charge is 0.103 e. The van der Waals surface area contributed by atoms with Crippen LogP contribution in [0.5, 0.6) is 0 Å². The summed E-state index contributed by atoms with van der Waals surface area (Å²) in [5.74, 6) is 0.488. The van der Waals surface area contributed by atoms with Crippen molar-refractivity contribution in [1.82, 2.24) is 0 Å². The number of rotatable bonds is 8. The molecule has 0 nitrogen and oxygen atoms in total. The highest BCUT2D eigenvalue weighted by atomic mass is 14.3. The van der Waals surface area contributed by atoms with Gasteiger partial charge in [0.05, 0.1) is 0 Å². The first-order valence-electron chi connectivity index (χ1n) is 8.40. The Morgan fingerprint density at radius 3 is 2.38 bits per heavy atom. The van der Waals surface area contributed by atoms with Gasteiger partial charge in [-0.05, 0) is 66.0 Å². The lowest BCUT2D eigenvalue weighted by molar-refractivity contribution is 0.735. The van der Waals surface area contributed by atoms with Gasteiger partial charge in [0, 0.05) is 0 Å². The van der Waals surface area contributed by atoms with Crippen LogP contribution < -0.4 is 0 Å². The van der Waals surface area contributed by atoms with Crippen molar-refractivity contribution < 1.29 is 0 Å². The molecule has 0 saturated carbocycles. The van der Waals surface area contributed by atoms with E-state index in [0.29, 0.717) is 5.92 Å². The van der Waals surface area contributed by atoms with Gasteiger partial charge in [-0.15, -0.1) is 6.58 Å². The maximum absolute atomic E-state index is 4.27. The van der Waals surface area contributed by atoms with Gasteiger partial charge < -0.3 is 0 Å². The molecule has 0 spiro atoms. The molecular weight excluding hydrogens is 288 g/mol. The number of hydrogen-bond donors (Lipinski definition) is 0. The van der Waals surface area contributed by atoms with Gasteiger partial charge in [-0.3, -0.25) is 0 Å². The molecule has 126 valence electrons. The maximum Gasteiger partial charge on any atom is -0.00606 e. The van der Waals surface area contributed by atoms with Crippen molar-refractivity contribution in [3.8, 4) is 0 Å². The topological polar surface area (TPSA) is 0 Å². The molecule has 0 aromatic heterocycles. The first kappa shape index (κ1) is 19.7. The number of allylic oxidation sites excluding steroid dienone is 13. The zero-order chi connectivity index (χ0) is 18.3. The zero-order valence-corrected chi connectivity index (χ0v) is 15.5. The van der Waals surface area contributed by atoms with Gasteiger partial charge in [0.15, 0.2) is 0 Å². The molecule has 1 atom stereocenters. The Morgan fingerprint density at radius 1 is 1.17 bits per heavy atom. The van der Waals surface area contributed by atoms with E-state index in [-0.39, 0.29) is 0 Å². The monoisotopic (exact) mass is 318 g/mol. The summed E-state index contributed by atoms with van der Waals surface area (Å²) in [4.78, 5) is 0. The summed E-state index contributed by atoms with van der Waals surface area (Å²) >= 11 is 0. The lowest BCUT2D eigenvalue weighted by Crippen LogP contribution is -2.08. The zero-order valence-electron chi connectivity index (χ0n) is 15.5. The summed E-state index contributed by atoms with van der Waals surface area (Å²) in [5.41, 5.74) is 8.17. The van der Waals surface area contributed by atoms with Crippen LogP contribution in [0.4, 0.5) is 0 Å². The summed E-state index contributed by atoms with van der Waals surface area (Å²) in [7, 11) is 0. The average molecular weight is 319 g/mol. The molecule has 0 aromatic rings. The minimum absolute atomic E-state index is 0.488. The molecule has 1 rings (SSSR count). The maximum atomic E-state index is 4.27. The molecule has 0 amide bonds. The second-order valence-electron chi connectivity index (χ2n) is 6.37. The van der Waals surface area contributed by atoms with Crippen LogP contribution in [0.3, 0.4) is 0 Å². The van der Waals surface area contributed by atoms with Gasteiger partial charge in [0.25, 0.3) is 0 Å². The molecule has 0 saturated heterocycles. The third-order valence-corrected chi connectivity index (χ3v) is 4.39. The molecule has 24 heavy (non-hydrogen) atoms. The highest BCUT2D eigenvalue weighted by Crippen LogP contribution is 2.40. The van der Waals surface area contributed by atoms with Gasteiger partial charge in [-0.25, -0.2) is 0 Å². The van der Waals surface area contributed by atoms with Crippen LogP contribution in [0.25, 0.3) is 0 Å². The van der Waals surface area contributed by atoms with E-state index in [4.69, 9.17) is 0 Å². The van der Waals surface area contributed by atoms with Crippen LogP contribution >= 0.6 is 0 Å². The first-order chi connectivity index (χ1) is 11.4. The molecule has 0 N–H and O–H groups in total. The van der Waals surface area contributed by atoms with Gasteiger partial charge in [-0.1, -0.05) is 75.3 Å².